The number of carbonyl (C=O) groups is 1. The number of para-hydroxylation sites is 1. The van der Waals surface area contributed by atoms with Crippen LogP contribution >= 0.6 is 11.8 Å². The van der Waals surface area contributed by atoms with E-state index in [1.54, 1.807) is 23.4 Å². The second kappa shape index (κ2) is 10.6. The van der Waals surface area contributed by atoms with Crippen molar-refractivity contribution in [1.82, 2.24) is 20.7 Å². The molecule has 0 aliphatic carbocycles. The van der Waals surface area contributed by atoms with Gasteiger partial charge in [-0.3, -0.25) is 20.1 Å². The highest BCUT2D eigenvalue weighted by atomic mass is 32.2. The lowest BCUT2D eigenvalue weighted by atomic mass is 10.2. The van der Waals surface area contributed by atoms with Gasteiger partial charge in [-0.25, -0.2) is 5.48 Å². The molecule has 0 atom stereocenters. The number of benzene rings is 2. The van der Waals surface area contributed by atoms with E-state index in [1.165, 1.54) is 0 Å². The van der Waals surface area contributed by atoms with E-state index in [9.17, 15) is 4.79 Å². The van der Waals surface area contributed by atoms with Crippen LogP contribution in [0.4, 0.5) is 5.69 Å². The number of nitrogens with zero attached hydrogens (tertiary/aromatic N) is 2. The average Bonchev–Trinajstić information content (AvgIpc) is 3.24. The number of hydrogen-bond donors (Lipinski definition) is 4. The molecule has 2 aromatic carbocycles. The van der Waals surface area contributed by atoms with E-state index in [2.05, 4.69) is 44.8 Å². The lowest BCUT2D eigenvalue weighted by molar-refractivity contribution is -0.129. The number of H-pyrrole nitrogens is 1. The van der Waals surface area contributed by atoms with Crippen molar-refractivity contribution in [1.29, 1.82) is 0 Å². The maximum atomic E-state index is 11.1. The molecule has 0 saturated heterocycles. The van der Waals surface area contributed by atoms with Crippen LogP contribution in [0.15, 0.2) is 76.7 Å². The van der Waals surface area contributed by atoms with E-state index < -0.39 is 0 Å². The summed E-state index contributed by atoms with van der Waals surface area (Å²) in [6, 6.07) is 20.1. The zero-order valence-electron chi connectivity index (χ0n) is 17.3. The van der Waals surface area contributed by atoms with Gasteiger partial charge in [-0.15, -0.1) is 0 Å². The van der Waals surface area contributed by atoms with Crippen molar-refractivity contribution < 1.29 is 10.0 Å². The van der Waals surface area contributed by atoms with Gasteiger partial charge in [0.05, 0.1) is 16.9 Å². The SMILES string of the molecule is O=C(CCCNc1ccccc1Sc1ccc2c(/C=C/c3ccccn3)n[nH]c2c1)NO. The Morgan fingerprint density at radius 1 is 1.09 bits per heavy atom. The van der Waals surface area contributed by atoms with E-state index in [4.69, 9.17) is 5.21 Å². The van der Waals surface area contributed by atoms with Crippen molar-refractivity contribution in [2.45, 2.75) is 22.6 Å². The predicted octanol–water partition coefficient (Wildman–Crippen LogP) is 4.98. The van der Waals surface area contributed by atoms with Crippen LogP contribution in [0.3, 0.4) is 0 Å². The van der Waals surface area contributed by atoms with Crippen LogP contribution in [0.25, 0.3) is 23.1 Å². The minimum absolute atomic E-state index is 0.270. The first-order valence-corrected chi connectivity index (χ1v) is 11.1. The molecule has 4 rings (SSSR count). The summed E-state index contributed by atoms with van der Waals surface area (Å²) in [7, 11) is 0. The van der Waals surface area contributed by atoms with Gasteiger partial charge in [0.2, 0.25) is 5.91 Å². The molecule has 162 valence electrons. The fourth-order valence-electron chi connectivity index (χ4n) is 3.21. The van der Waals surface area contributed by atoms with Crippen LogP contribution in [0, 0.1) is 0 Å². The lowest BCUT2D eigenvalue weighted by Crippen LogP contribution is -2.19. The van der Waals surface area contributed by atoms with Gasteiger partial charge in [0.1, 0.15) is 0 Å². The van der Waals surface area contributed by atoms with Crippen molar-refractivity contribution in [2.75, 3.05) is 11.9 Å². The van der Waals surface area contributed by atoms with Crippen LogP contribution in [-0.2, 0) is 4.79 Å². The van der Waals surface area contributed by atoms with E-state index in [0.29, 0.717) is 13.0 Å². The Morgan fingerprint density at radius 3 is 2.81 bits per heavy atom. The van der Waals surface area contributed by atoms with Crippen molar-refractivity contribution in [3.63, 3.8) is 0 Å². The molecule has 4 N–H and O–H groups in total. The topological polar surface area (TPSA) is 103 Å². The number of rotatable bonds is 9. The average molecular weight is 446 g/mol. The second-order valence-corrected chi connectivity index (χ2v) is 8.18. The maximum Gasteiger partial charge on any atom is 0.243 e. The third-order valence-electron chi connectivity index (χ3n) is 4.80. The molecule has 4 aromatic rings. The Bertz CT molecular complexity index is 1220. The highest BCUT2D eigenvalue weighted by Crippen LogP contribution is 2.35. The molecule has 32 heavy (non-hydrogen) atoms. The van der Waals surface area contributed by atoms with Gasteiger partial charge in [-0.05, 0) is 61.0 Å². The standard InChI is InChI=1S/C24H23N5O2S/c30-24(29-31)9-5-15-26-21-7-1-2-8-23(21)32-18-11-12-19-20(27-28-22(19)16-18)13-10-17-6-3-4-14-25-17/h1-4,6-8,10-14,16,26,31H,5,9,15H2,(H,27,28)(H,29,30)/b13-10+. The largest absolute Gasteiger partial charge is 0.384 e. The number of aromatic amines is 1. The Morgan fingerprint density at radius 2 is 1.97 bits per heavy atom. The molecule has 1 amide bonds. The van der Waals surface area contributed by atoms with Gasteiger partial charge < -0.3 is 5.32 Å². The van der Waals surface area contributed by atoms with Crippen LogP contribution in [0.1, 0.15) is 24.2 Å². The molecule has 0 fully saturated rings. The van der Waals surface area contributed by atoms with Gasteiger partial charge in [-0.2, -0.15) is 5.10 Å². The van der Waals surface area contributed by atoms with Crippen LogP contribution < -0.4 is 10.8 Å². The van der Waals surface area contributed by atoms with Crippen molar-refractivity contribution in [2.24, 2.45) is 0 Å². The van der Waals surface area contributed by atoms with E-state index in [0.717, 1.165) is 37.8 Å². The van der Waals surface area contributed by atoms with Crippen molar-refractivity contribution >= 4 is 46.4 Å². The van der Waals surface area contributed by atoms with Crippen LogP contribution in [0.5, 0.6) is 0 Å². The molecular formula is C24H23N5O2S. The van der Waals surface area contributed by atoms with Crippen LogP contribution in [-0.4, -0.2) is 32.8 Å². The maximum absolute atomic E-state index is 11.1. The van der Waals surface area contributed by atoms with E-state index in [1.807, 2.05) is 48.6 Å². The van der Waals surface area contributed by atoms with Gasteiger partial charge in [0.25, 0.3) is 0 Å². The first-order chi connectivity index (χ1) is 15.7. The summed E-state index contributed by atoms with van der Waals surface area (Å²) in [5.41, 5.74) is 5.39. The first-order valence-electron chi connectivity index (χ1n) is 10.2. The van der Waals surface area contributed by atoms with Crippen molar-refractivity contribution in [3.05, 3.63) is 78.2 Å². The molecule has 2 aromatic heterocycles. The highest BCUT2D eigenvalue weighted by Gasteiger charge is 2.08. The Kier molecular flexibility index (Phi) is 7.16. The molecule has 0 bridgehead atoms. The number of aromatic nitrogens is 3. The third-order valence-corrected chi connectivity index (χ3v) is 5.86. The molecule has 0 aliphatic rings. The Hall–Kier alpha value is -3.62. The Labute approximate surface area is 189 Å². The lowest BCUT2D eigenvalue weighted by Gasteiger charge is -2.11. The Balaban J connectivity index is 1.45. The highest BCUT2D eigenvalue weighted by molar-refractivity contribution is 7.99. The van der Waals surface area contributed by atoms with E-state index >= 15 is 0 Å². The first kappa shape index (κ1) is 21.6. The summed E-state index contributed by atoms with van der Waals surface area (Å²) in [6.07, 6.45) is 6.58. The predicted molar refractivity (Wildman–Crippen MR) is 127 cm³/mol. The summed E-state index contributed by atoms with van der Waals surface area (Å²) < 4.78 is 0. The molecule has 0 unspecified atom stereocenters. The number of nitrogens with one attached hydrogen (secondary N) is 3. The number of fused-ring (bicyclic) bond motifs is 1. The molecule has 8 heteroatoms. The van der Waals surface area contributed by atoms with Gasteiger partial charge in [-0.1, -0.05) is 30.0 Å². The van der Waals surface area contributed by atoms with Crippen LogP contribution in [0.2, 0.25) is 0 Å². The zero-order chi connectivity index (χ0) is 22.2. The van der Waals surface area contributed by atoms with Gasteiger partial charge >= 0.3 is 0 Å². The summed E-state index contributed by atoms with van der Waals surface area (Å²) in [4.78, 5) is 17.6. The summed E-state index contributed by atoms with van der Waals surface area (Å²) in [5, 5.41) is 20.6. The molecule has 0 radical (unpaired) electrons. The molecule has 0 aliphatic heterocycles. The fraction of sp³-hybridized carbons (Fsp3) is 0.125. The molecule has 2 heterocycles. The number of hydrogen-bond acceptors (Lipinski definition) is 6. The summed E-state index contributed by atoms with van der Waals surface area (Å²) >= 11 is 1.66. The smallest absolute Gasteiger partial charge is 0.243 e. The zero-order valence-corrected chi connectivity index (χ0v) is 18.1. The van der Waals surface area contributed by atoms with Gasteiger partial charge in [0.15, 0.2) is 0 Å². The summed E-state index contributed by atoms with van der Waals surface area (Å²) in [6.45, 7) is 0.635. The number of carbonyl (C=O) groups excluding carboxylic acids is 1. The number of pyridine rings is 1. The normalized spacial score (nSPS) is 11.2. The molecule has 0 saturated carbocycles. The third kappa shape index (κ3) is 5.54. The summed E-state index contributed by atoms with van der Waals surface area (Å²) in [5.74, 6) is -0.378. The molecule has 7 nitrogen and oxygen atoms in total. The minimum Gasteiger partial charge on any atom is -0.384 e. The minimum atomic E-state index is -0.378. The molecule has 0 spiro atoms. The number of amides is 1. The number of anilines is 1. The quantitative estimate of drug-likeness (QED) is 0.165. The monoisotopic (exact) mass is 445 g/mol. The number of hydroxylamine groups is 1. The van der Waals surface area contributed by atoms with Crippen molar-refractivity contribution in [3.8, 4) is 0 Å². The second-order valence-electron chi connectivity index (χ2n) is 7.07. The van der Waals surface area contributed by atoms with Gasteiger partial charge in [0, 0.05) is 40.0 Å². The fourth-order valence-corrected chi connectivity index (χ4v) is 4.17. The van der Waals surface area contributed by atoms with E-state index in [-0.39, 0.29) is 12.3 Å². The molecular weight excluding hydrogens is 422 g/mol.